The quantitative estimate of drug-likeness (QED) is 0.514. The summed E-state index contributed by atoms with van der Waals surface area (Å²) in [6.45, 7) is 0. The topological polar surface area (TPSA) is 12.4 Å². The zero-order chi connectivity index (χ0) is 6.81. The van der Waals surface area contributed by atoms with Gasteiger partial charge in [0.15, 0.2) is 0 Å². The Morgan fingerprint density at radius 1 is 1.50 bits per heavy atom. The van der Waals surface area contributed by atoms with Crippen LogP contribution in [0, 0.1) is 0 Å². The van der Waals surface area contributed by atoms with Crippen molar-refractivity contribution in [2.45, 2.75) is 0 Å². The molecule has 0 N–H and O–H groups in total. The van der Waals surface area contributed by atoms with Crippen molar-refractivity contribution >= 4 is 18.0 Å². The highest BCUT2D eigenvalue weighted by molar-refractivity contribution is 8.03. The number of hydrogen-bond donors (Lipinski definition) is 0. The van der Waals surface area contributed by atoms with Gasteiger partial charge in [-0.05, 0) is 12.2 Å². The molecule has 0 radical (unpaired) electrons. The summed E-state index contributed by atoms with van der Waals surface area (Å²) >= 11 is 1.87. The average Bonchev–Trinajstić information content (AvgIpc) is 2.28. The second-order valence-electron chi connectivity index (χ2n) is 2.12. The number of fused-ring (bicyclic) bond motifs is 1. The van der Waals surface area contributed by atoms with Crippen LogP contribution in [0.15, 0.2) is 39.9 Å². The molecule has 2 rings (SSSR count). The molecule has 0 aromatic carbocycles. The summed E-state index contributed by atoms with van der Waals surface area (Å²) < 4.78 is 0. The molecule has 0 aromatic heterocycles. The summed E-state index contributed by atoms with van der Waals surface area (Å²) in [6.07, 6.45) is 10.0. The van der Waals surface area contributed by atoms with Gasteiger partial charge in [-0.2, -0.15) is 0 Å². The molecule has 0 aliphatic carbocycles. The first-order valence-electron chi connectivity index (χ1n) is 3.20. The van der Waals surface area contributed by atoms with E-state index in [2.05, 4.69) is 17.1 Å². The summed E-state index contributed by atoms with van der Waals surface area (Å²) in [5.74, 6) is 1.10. The van der Waals surface area contributed by atoms with Crippen molar-refractivity contribution in [2.24, 2.45) is 4.99 Å². The maximum atomic E-state index is 4.07. The van der Waals surface area contributed by atoms with Crippen LogP contribution in [0.25, 0.3) is 0 Å². The lowest BCUT2D eigenvalue weighted by Gasteiger charge is -1.92. The molecule has 0 unspecified atom stereocenters. The van der Waals surface area contributed by atoms with Crippen molar-refractivity contribution in [3.63, 3.8) is 0 Å². The highest BCUT2D eigenvalue weighted by Crippen LogP contribution is 2.30. The molecular weight excluding hydrogens is 142 g/mol. The normalized spacial score (nSPS) is 21.6. The molecule has 0 fully saturated rings. The zero-order valence-corrected chi connectivity index (χ0v) is 6.27. The third-order valence-corrected chi connectivity index (χ3v) is 2.48. The number of nitrogens with zero attached hydrogens (tertiary/aromatic N) is 1. The minimum absolute atomic E-state index is 1.10. The zero-order valence-electron chi connectivity index (χ0n) is 5.45. The van der Waals surface area contributed by atoms with Crippen LogP contribution in [-0.4, -0.2) is 12.0 Å². The van der Waals surface area contributed by atoms with Crippen LogP contribution >= 0.6 is 11.8 Å². The molecule has 0 bridgehead atoms. The van der Waals surface area contributed by atoms with Crippen molar-refractivity contribution in [1.82, 2.24) is 0 Å². The average molecular weight is 149 g/mol. The van der Waals surface area contributed by atoms with Gasteiger partial charge < -0.3 is 0 Å². The summed E-state index contributed by atoms with van der Waals surface area (Å²) in [5, 5.41) is 0. The molecule has 50 valence electrons. The highest BCUT2D eigenvalue weighted by atomic mass is 32.2. The fraction of sp³-hybridized carbons (Fsp3) is 0.125. The maximum absolute atomic E-state index is 4.07. The van der Waals surface area contributed by atoms with E-state index in [1.807, 2.05) is 30.3 Å². The fourth-order valence-corrected chi connectivity index (χ4v) is 1.89. The Kier molecular flexibility index (Phi) is 1.47. The molecule has 2 aliphatic rings. The standard InChI is InChI=1S/C8H7NS/c1-2-8-7(3-5-10-8)6-9-4-1/h1-4,6H,5H2. The van der Waals surface area contributed by atoms with E-state index in [0.29, 0.717) is 0 Å². The summed E-state index contributed by atoms with van der Waals surface area (Å²) in [5.41, 5.74) is 1.27. The van der Waals surface area contributed by atoms with Crippen molar-refractivity contribution < 1.29 is 0 Å². The van der Waals surface area contributed by atoms with Crippen molar-refractivity contribution in [3.05, 3.63) is 34.9 Å². The predicted molar refractivity (Wildman–Crippen MR) is 46.3 cm³/mol. The highest BCUT2D eigenvalue weighted by Gasteiger charge is 2.09. The van der Waals surface area contributed by atoms with Crippen molar-refractivity contribution in [3.8, 4) is 0 Å². The molecule has 0 amide bonds. The Morgan fingerprint density at radius 3 is 3.50 bits per heavy atom. The van der Waals surface area contributed by atoms with Gasteiger partial charge in [0.25, 0.3) is 0 Å². The van der Waals surface area contributed by atoms with E-state index in [1.165, 1.54) is 10.5 Å². The number of hydrogen-bond acceptors (Lipinski definition) is 2. The van der Waals surface area contributed by atoms with Gasteiger partial charge in [0.1, 0.15) is 0 Å². The van der Waals surface area contributed by atoms with Gasteiger partial charge in [-0.15, -0.1) is 11.8 Å². The van der Waals surface area contributed by atoms with Crippen LogP contribution in [0.4, 0.5) is 0 Å². The van der Waals surface area contributed by atoms with Gasteiger partial charge in [-0.1, -0.05) is 6.08 Å². The Hall–Kier alpha value is -0.760. The molecule has 0 saturated heterocycles. The number of rotatable bonds is 0. The minimum Gasteiger partial charge on any atom is -0.264 e. The lowest BCUT2D eigenvalue weighted by atomic mass is 10.2. The smallest absolute Gasteiger partial charge is 0.0348 e. The van der Waals surface area contributed by atoms with Crippen LogP contribution in [0.1, 0.15) is 0 Å². The van der Waals surface area contributed by atoms with E-state index < -0.39 is 0 Å². The molecule has 0 aromatic rings. The Balaban J connectivity index is 2.42. The van der Waals surface area contributed by atoms with Gasteiger partial charge in [-0.25, -0.2) is 0 Å². The predicted octanol–water partition coefficient (Wildman–Crippen LogP) is 2.14. The first-order chi connectivity index (χ1) is 4.97. The molecule has 10 heavy (non-hydrogen) atoms. The molecule has 2 heterocycles. The largest absolute Gasteiger partial charge is 0.264 e. The molecule has 2 aliphatic heterocycles. The molecule has 0 atom stereocenters. The maximum Gasteiger partial charge on any atom is 0.0348 e. The first-order valence-corrected chi connectivity index (χ1v) is 4.19. The van der Waals surface area contributed by atoms with Gasteiger partial charge in [0.05, 0.1) is 0 Å². The Labute approximate surface area is 64.2 Å². The van der Waals surface area contributed by atoms with E-state index >= 15 is 0 Å². The summed E-state index contributed by atoms with van der Waals surface area (Å²) in [4.78, 5) is 5.42. The Bertz CT molecular complexity index is 258. The summed E-state index contributed by atoms with van der Waals surface area (Å²) in [7, 11) is 0. The Morgan fingerprint density at radius 2 is 2.50 bits per heavy atom. The lowest BCUT2D eigenvalue weighted by Crippen LogP contribution is -1.78. The van der Waals surface area contributed by atoms with E-state index in [-0.39, 0.29) is 0 Å². The second-order valence-corrected chi connectivity index (χ2v) is 3.18. The van der Waals surface area contributed by atoms with Gasteiger partial charge in [0, 0.05) is 28.6 Å². The van der Waals surface area contributed by atoms with Gasteiger partial charge in [-0.3, -0.25) is 4.99 Å². The van der Waals surface area contributed by atoms with Crippen molar-refractivity contribution in [2.75, 3.05) is 5.75 Å². The molecular formula is C8H7NS. The third kappa shape index (κ3) is 0.948. The number of thioether (sulfide) groups is 1. The molecule has 1 nitrogen and oxygen atoms in total. The van der Waals surface area contributed by atoms with Crippen LogP contribution in [0.5, 0.6) is 0 Å². The van der Waals surface area contributed by atoms with Crippen LogP contribution < -0.4 is 0 Å². The van der Waals surface area contributed by atoms with Gasteiger partial charge in [0.2, 0.25) is 0 Å². The van der Waals surface area contributed by atoms with E-state index in [4.69, 9.17) is 0 Å². The van der Waals surface area contributed by atoms with E-state index in [9.17, 15) is 0 Å². The van der Waals surface area contributed by atoms with E-state index in [1.54, 1.807) is 0 Å². The lowest BCUT2D eigenvalue weighted by molar-refractivity contribution is 1.60. The van der Waals surface area contributed by atoms with Crippen LogP contribution in [0.3, 0.4) is 0 Å². The van der Waals surface area contributed by atoms with Crippen LogP contribution in [0.2, 0.25) is 0 Å². The van der Waals surface area contributed by atoms with Crippen LogP contribution in [-0.2, 0) is 0 Å². The van der Waals surface area contributed by atoms with E-state index in [0.717, 1.165) is 5.75 Å². The first kappa shape index (κ1) is 5.98. The van der Waals surface area contributed by atoms with Crippen molar-refractivity contribution in [1.29, 1.82) is 0 Å². The third-order valence-electron chi connectivity index (χ3n) is 1.46. The summed E-state index contributed by atoms with van der Waals surface area (Å²) in [6, 6.07) is 0. The van der Waals surface area contributed by atoms with Gasteiger partial charge >= 0.3 is 0 Å². The number of allylic oxidation sites excluding steroid dienone is 3. The minimum atomic E-state index is 1.10. The fourth-order valence-electron chi connectivity index (χ4n) is 0.969. The monoisotopic (exact) mass is 149 g/mol. The number of aliphatic imine (C=N–C) groups is 1. The molecule has 0 saturated carbocycles. The molecule has 0 spiro atoms. The second kappa shape index (κ2) is 2.46. The molecule has 2 heteroatoms. The SMILES string of the molecule is C1=CN=CC2=CCSC2=C1.